The van der Waals surface area contributed by atoms with Crippen molar-refractivity contribution in [3.8, 4) is 11.1 Å². The Hall–Kier alpha value is -1.88. The third-order valence-electron chi connectivity index (χ3n) is 3.35. The first kappa shape index (κ1) is 11.0. The van der Waals surface area contributed by atoms with E-state index >= 15 is 0 Å². The van der Waals surface area contributed by atoms with Crippen LogP contribution in [0.4, 0.5) is 14.5 Å². The highest BCUT2D eigenvalue weighted by Crippen LogP contribution is 2.43. The summed E-state index contributed by atoms with van der Waals surface area (Å²) in [4.78, 5) is 1.99. The standard InChI is InChI=1S/C14H8F2N2S/c15-8-5-10-13(11(16)6-8)9-3-1-2-4-12(9)18-7-19-17-14(10)18/h1-6H,7H2. The summed E-state index contributed by atoms with van der Waals surface area (Å²) in [5.41, 5.74) is 2.68. The maximum Gasteiger partial charge on any atom is 0.150 e. The van der Waals surface area contributed by atoms with E-state index in [1.807, 2.05) is 29.2 Å². The molecule has 2 aromatic rings. The average Bonchev–Trinajstić information content (AvgIpc) is 2.87. The molecular formula is C14H8F2N2S. The van der Waals surface area contributed by atoms with E-state index < -0.39 is 11.6 Å². The van der Waals surface area contributed by atoms with E-state index in [0.29, 0.717) is 22.8 Å². The molecule has 2 aliphatic heterocycles. The predicted octanol–water partition coefficient (Wildman–Crippen LogP) is 3.82. The number of anilines is 1. The number of rotatable bonds is 0. The first-order valence-corrected chi connectivity index (χ1v) is 6.76. The van der Waals surface area contributed by atoms with E-state index in [9.17, 15) is 8.78 Å². The average molecular weight is 274 g/mol. The number of hydrogen-bond acceptors (Lipinski definition) is 3. The molecule has 0 fully saturated rings. The zero-order valence-corrected chi connectivity index (χ0v) is 10.5. The Kier molecular flexibility index (Phi) is 2.20. The fraction of sp³-hybridized carbons (Fsp3) is 0.0714. The lowest BCUT2D eigenvalue weighted by molar-refractivity contribution is 0.585. The molecule has 5 heteroatoms. The third kappa shape index (κ3) is 1.45. The fourth-order valence-electron chi connectivity index (χ4n) is 2.58. The normalized spacial score (nSPS) is 15.7. The molecule has 2 nitrogen and oxygen atoms in total. The molecule has 0 radical (unpaired) electrons. The van der Waals surface area contributed by atoms with E-state index in [1.165, 1.54) is 18.0 Å². The zero-order chi connectivity index (χ0) is 13.0. The molecule has 0 saturated carbocycles. The summed E-state index contributed by atoms with van der Waals surface area (Å²) in [7, 11) is 0. The van der Waals surface area contributed by atoms with Gasteiger partial charge in [-0.05, 0) is 24.1 Å². The van der Waals surface area contributed by atoms with Gasteiger partial charge in [0, 0.05) is 22.8 Å². The lowest BCUT2D eigenvalue weighted by atomic mass is 9.92. The van der Waals surface area contributed by atoms with Gasteiger partial charge in [0.2, 0.25) is 0 Å². The van der Waals surface area contributed by atoms with Gasteiger partial charge in [-0.15, -0.1) is 0 Å². The number of benzene rings is 2. The van der Waals surface area contributed by atoms with Crippen LogP contribution in [0.3, 0.4) is 0 Å². The Bertz CT molecular complexity index is 727. The van der Waals surface area contributed by atoms with Gasteiger partial charge in [0.15, 0.2) is 0 Å². The van der Waals surface area contributed by atoms with Crippen LogP contribution in [-0.2, 0) is 0 Å². The van der Waals surface area contributed by atoms with Crippen molar-refractivity contribution in [1.82, 2.24) is 0 Å². The van der Waals surface area contributed by atoms with Gasteiger partial charge in [-0.1, -0.05) is 18.2 Å². The minimum Gasteiger partial charge on any atom is -0.313 e. The van der Waals surface area contributed by atoms with Crippen LogP contribution < -0.4 is 4.90 Å². The van der Waals surface area contributed by atoms with Crippen LogP contribution in [0.1, 0.15) is 5.56 Å². The largest absolute Gasteiger partial charge is 0.313 e. The summed E-state index contributed by atoms with van der Waals surface area (Å²) in [6.45, 7) is 0. The van der Waals surface area contributed by atoms with E-state index in [0.717, 1.165) is 17.3 Å². The second kappa shape index (κ2) is 3.81. The fourth-order valence-corrected chi connectivity index (χ4v) is 3.33. The van der Waals surface area contributed by atoms with Crippen LogP contribution >= 0.6 is 11.9 Å². The van der Waals surface area contributed by atoms with Crippen molar-refractivity contribution >= 4 is 23.5 Å². The van der Waals surface area contributed by atoms with E-state index in [1.54, 1.807) is 0 Å². The summed E-state index contributed by atoms with van der Waals surface area (Å²) in [6.07, 6.45) is 0. The highest BCUT2D eigenvalue weighted by Gasteiger charge is 2.33. The van der Waals surface area contributed by atoms with Crippen molar-refractivity contribution in [3.63, 3.8) is 0 Å². The molecule has 2 heterocycles. The molecule has 94 valence electrons. The molecule has 0 amide bonds. The summed E-state index contributed by atoms with van der Waals surface area (Å²) in [6, 6.07) is 9.83. The van der Waals surface area contributed by atoms with Gasteiger partial charge in [-0.25, -0.2) is 8.78 Å². The molecule has 0 unspecified atom stereocenters. The molecule has 0 atom stereocenters. The molecule has 4 rings (SSSR count). The highest BCUT2D eigenvalue weighted by molar-refractivity contribution is 7.98. The second-order valence-electron chi connectivity index (χ2n) is 4.43. The summed E-state index contributed by atoms with van der Waals surface area (Å²) < 4.78 is 31.9. The number of halogens is 2. The molecule has 0 spiro atoms. The Morgan fingerprint density at radius 1 is 1.11 bits per heavy atom. The minimum absolute atomic E-state index is 0.439. The monoisotopic (exact) mass is 274 g/mol. The number of para-hydroxylation sites is 1. The van der Waals surface area contributed by atoms with Gasteiger partial charge in [-0.2, -0.15) is 4.40 Å². The van der Waals surface area contributed by atoms with Gasteiger partial charge in [0.25, 0.3) is 0 Å². The highest BCUT2D eigenvalue weighted by atomic mass is 32.2. The lowest BCUT2D eigenvalue weighted by Gasteiger charge is -2.29. The molecule has 2 aliphatic rings. The Morgan fingerprint density at radius 3 is 2.84 bits per heavy atom. The summed E-state index contributed by atoms with van der Waals surface area (Å²) >= 11 is 1.39. The van der Waals surface area contributed by atoms with Gasteiger partial charge < -0.3 is 4.90 Å². The van der Waals surface area contributed by atoms with Gasteiger partial charge in [-0.3, -0.25) is 0 Å². The minimum atomic E-state index is -0.574. The Labute approximate surface area is 112 Å². The SMILES string of the molecule is Fc1cc(F)c2c(c1)C1=NSCN1c1ccccc1-2. The molecule has 0 N–H and O–H groups in total. The molecule has 0 bridgehead atoms. The van der Waals surface area contributed by atoms with Crippen LogP contribution in [0.25, 0.3) is 11.1 Å². The van der Waals surface area contributed by atoms with Crippen LogP contribution in [-0.4, -0.2) is 11.7 Å². The van der Waals surface area contributed by atoms with Crippen molar-refractivity contribution in [3.05, 3.63) is 53.6 Å². The predicted molar refractivity (Wildman–Crippen MR) is 73.3 cm³/mol. The number of amidine groups is 1. The maximum absolute atomic E-state index is 14.1. The van der Waals surface area contributed by atoms with E-state index in [-0.39, 0.29) is 0 Å². The molecule has 0 aromatic heterocycles. The second-order valence-corrected chi connectivity index (χ2v) is 5.13. The topological polar surface area (TPSA) is 15.6 Å². The van der Waals surface area contributed by atoms with Crippen LogP contribution in [0.2, 0.25) is 0 Å². The summed E-state index contributed by atoms with van der Waals surface area (Å²) in [5, 5.41) is 0. The quantitative estimate of drug-likeness (QED) is 0.679. The smallest absolute Gasteiger partial charge is 0.150 e. The third-order valence-corrected chi connectivity index (χ3v) is 4.03. The van der Waals surface area contributed by atoms with Crippen LogP contribution in [0.15, 0.2) is 40.8 Å². The molecule has 0 saturated heterocycles. The van der Waals surface area contributed by atoms with Crippen LogP contribution in [0, 0.1) is 11.6 Å². The molecule has 0 aliphatic carbocycles. The van der Waals surface area contributed by atoms with Gasteiger partial charge >= 0.3 is 0 Å². The van der Waals surface area contributed by atoms with Crippen molar-refractivity contribution in [2.75, 3.05) is 10.8 Å². The Balaban J connectivity index is 2.12. The molecule has 19 heavy (non-hydrogen) atoms. The molecule has 2 aromatic carbocycles. The maximum atomic E-state index is 14.1. The first-order valence-electron chi connectivity index (χ1n) is 5.82. The first-order chi connectivity index (χ1) is 9.25. The van der Waals surface area contributed by atoms with Gasteiger partial charge in [0.05, 0.1) is 11.6 Å². The van der Waals surface area contributed by atoms with Crippen molar-refractivity contribution in [1.29, 1.82) is 0 Å². The van der Waals surface area contributed by atoms with Gasteiger partial charge in [0.1, 0.15) is 17.5 Å². The lowest BCUT2D eigenvalue weighted by Crippen LogP contribution is -2.31. The van der Waals surface area contributed by atoms with Crippen molar-refractivity contribution in [2.45, 2.75) is 0 Å². The number of nitrogens with zero attached hydrogens (tertiary/aromatic N) is 2. The van der Waals surface area contributed by atoms with Crippen LogP contribution in [0.5, 0.6) is 0 Å². The number of hydrogen-bond donors (Lipinski definition) is 0. The zero-order valence-electron chi connectivity index (χ0n) is 9.73. The molecular weight excluding hydrogens is 266 g/mol. The Morgan fingerprint density at radius 2 is 1.95 bits per heavy atom. The van der Waals surface area contributed by atoms with E-state index in [2.05, 4.69) is 4.40 Å². The summed E-state index contributed by atoms with van der Waals surface area (Å²) in [5.74, 6) is 0.193. The van der Waals surface area contributed by atoms with E-state index in [4.69, 9.17) is 0 Å². The number of fused-ring (bicyclic) bond motifs is 6. The van der Waals surface area contributed by atoms with Crippen molar-refractivity contribution < 1.29 is 8.78 Å². The van der Waals surface area contributed by atoms with Crippen molar-refractivity contribution in [2.24, 2.45) is 4.40 Å².